The third-order valence-electron chi connectivity index (χ3n) is 5.38. The van der Waals surface area contributed by atoms with Gasteiger partial charge in [-0.1, -0.05) is 12.1 Å². The molecule has 0 spiro atoms. The van der Waals surface area contributed by atoms with E-state index < -0.39 is 0 Å². The van der Waals surface area contributed by atoms with Gasteiger partial charge in [0.05, 0.1) is 20.3 Å². The number of aryl methyl sites for hydroxylation is 1. The molecule has 1 saturated carbocycles. The number of hydrogen-bond acceptors (Lipinski definition) is 4. The number of nitrogens with zero attached hydrogens (tertiary/aromatic N) is 1. The van der Waals surface area contributed by atoms with Crippen molar-refractivity contribution in [2.75, 3.05) is 40.0 Å². The van der Waals surface area contributed by atoms with Gasteiger partial charge in [-0.15, -0.1) is 0 Å². The van der Waals surface area contributed by atoms with E-state index >= 15 is 0 Å². The molecule has 2 aliphatic rings. The van der Waals surface area contributed by atoms with Crippen molar-refractivity contribution >= 4 is 5.91 Å². The Balaban J connectivity index is 1.44. The largest absolute Gasteiger partial charge is 0.497 e. The van der Waals surface area contributed by atoms with Crippen molar-refractivity contribution in [3.05, 3.63) is 29.8 Å². The van der Waals surface area contributed by atoms with Crippen LogP contribution in [-0.2, 0) is 16.0 Å². The van der Waals surface area contributed by atoms with Crippen LogP contribution in [0.3, 0.4) is 0 Å². The molecule has 3 rings (SSSR count). The van der Waals surface area contributed by atoms with Crippen LogP contribution in [0.25, 0.3) is 0 Å². The average molecular weight is 332 g/mol. The molecule has 1 aliphatic heterocycles. The molecular weight excluding hydrogens is 304 g/mol. The van der Waals surface area contributed by atoms with E-state index in [2.05, 4.69) is 10.2 Å². The third-order valence-corrected chi connectivity index (χ3v) is 5.38. The minimum Gasteiger partial charge on any atom is -0.497 e. The molecule has 1 saturated heterocycles. The van der Waals surface area contributed by atoms with Crippen LogP contribution in [0.15, 0.2) is 24.3 Å². The lowest BCUT2D eigenvalue weighted by molar-refractivity contribution is -0.123. The van der Waals surface area contributed by atoms with Gasteiger partial charge in [0.1, 0.15) is 5.75 Å². The molecule has 0 aromatic heterocycles. The van der Waals surface area contributed by atoms with Crippen molar-refractivity contribution in [1.29, 1.82) is 0 Å². The Bertz CT molecular complexity index is 534. The van der Waals surface area contributed by atoms with E-state index in [1.807, 2.05) is 24.3 Å². The van der Waals surface area contributed by atoms with Gasteiger partial charge in [-0.05, 0) is 43.4 Å². The number of hydrogen-bond donors (Lipinski definition) is 1. The summed E-state index contributed by atoms with van der Waals surface area (Å²) in [7, 11) is 1.66. The highest BCUT2D eigenvalue weighted by molar-refractivity contribution is 5.76. The molecule has 24 heavy (non-hydrogen) atoms. The molecule has 0 unspecified atom stereocenters. The number of benzene rings is 1. The predicted molar refractivity (Wildman–Crippen MR) is 93.3 cm³/mol. The number of rotatable bonds is 7. The third kappa shape index (κ3) is 4.08. The van der Waals surface area contributed by atoms with Crippen LogP contribution in [0.2, 0.25) is 0 Å². The van der Waals surface area contributed by atoms with Crippen molar-refractivity contribution in [2.45, 2.75) is 37.6 Å². The van der Waals surface area contributed by atoms with Crippen LogP contribution in [0.5, 0.6) is 5.75 Å². The number of nitrogens with one attached hydrogen (secondary N) is 1. The van der Waals surface area contributed by atoms with Crippen molar-refractivity contribution in [3.63, 3.8) is 0 Å². The van der Waals surface area contributed by atoms with E-state index in [-0.39, 0.29) is 11.4 Å². The van der Waals surface area contributed by atoms with Gasteiger partial charge in [0, 0.05) is 31.6 Å². The molecule has 5 nitrogen and oxygen atoms in total. The molecule has 0 bridgehead atoms. The van der Waals surface area contributed by atoms with Crippen LogP contribution in [0, 0.1) is 0 Å². The minimum absolute atomic E-state index is 0.144. The summed E-state index contributed by atoms with van der Waals surface area (Å²) in [5.41, 5.74) is 1.34. The maximum absolute atomic E-state index is 12.2. The quantitative estimate of drug-likeness (QED) is 0.830. The minimum atomic E-state index is 0.144. The lowest BCUT2D eigenvalue weighted by Gasteiger charge is -2.51. The lowest BCUT2D eigenvalue weighted by Crippen LogP contribution is -2.62. The number of morpholine rings is 1. The summed E-state index contributed by atoms with van der Waals surface area (Å²) in [5, 5.41) is 3.17. The Kier molecular flexibility index (Phi) is 5.74. The van der Waals surface area contributed by atoms with Gasteiger partial charge in [0.15, 0.2) is 0 Å². The highest BCUT2D eigenvalue weighted by atomic mass is 16.5. The first-order valence-corrected chi connectivity index (χ1v) is 8.94. The normalized spacial score (nSPS) is 20.2. The summed E-state index contributed by atoms with van der Waals surface area (Å²) in [5.74, 6) is 0.992. The van der Waals surface area contributed by atoms with Gasteiger partial charge in [0.25, 0.3) is 0 Å². The molecule has 2 fully saturated rings. The Labute approximate surface area is 144 Å². The van der Waals surface area contributed by atoms with Crippen molar-refractivity contribution < 1.29 is 14.3 Å². The molecule has 0 radical (unpaired) electrons. The van der Waals surface area contributed by atoms with E-state index in [0.29, 0.717) is 6.42 Å². The Morgan fingerprint density at radius 1 is 1.25 bits per heavy atom. The molecule has 0 atom stereocenters. The fourth-order valence-corrected chi connectivity index (χ4v) is 3.63. The summed E-state index contributed by atoms with van der Waals surface area (Å²) in [6.07, 6.45) is 4.93. The van der Waals surface area contributed by atoms with Gasteiger partial charge >= 0.3 is 0 Å². The molecule has 5 heteroatoms. The smallest absolute Gasteiger partial charge is 0.220 e. The zero-order valence-corrected chi connectivity index (χ0v) is 14.6. The Morgan fingerprint density at radius 2 is 1.96 bits per heavy atom. The number of methoxy groups -OCH3 is 1. The van der Waals surface area contributed by atoms with Gasteiger partial charge < -0.3 is 14.8 Å². The SMILES string of the molecule is COc1ccc(CCC(=O)NCC2(N3CCOCC3)CCC2)cc1. The predicted octanol–water partition coefficient (Wildman–Crippen LogP) is 2.00. The fraction of sp³-hybridized carbons (Fsp3) is 0.632. The second-order valence-electron chi connectivity index (χ2n) is 6.80. The summed E-state index contributed by atoms with van der Waals surface area (Å²) in [4.78, 5) is 14.7. The molecule has 132 valence electrons. The van der Waals surface area contributed by atoms with E-state index in [0.717, 1.165) is 50.6 Å². The number of carbonyl (C=O) groups excluding carboxylic acids is 1. The van der Waals surface area contributed by atoms with Gasteiger partial charge in [-0.3, -0.25) is 9.69 Å². The zero-order chi connectivity index (χ0) is 16.8. The van der Waals surface area contributed by atoms with Crippen molar-refractivity contribution in [1.82, 2.24) is 10.2 Å². The number of carbonyl (C=O) groups is 1. The first-order chi connectivity index (χ1) is 11.7. The highest BCUT2D eigenvalue weighted by Gasteiger charge is 2.42. The summed E-state index contributed by atoms with van der Waals surface area (Å²) in [6, 6.07) is 7.92. The van der Waals surface area contributed by atoms with Gasteiger partial charge in [0.2, 0.25) is 5.91 Å². The van der Waals surface area contributed by atoms with Crippen LogP contribution in [0.1, 0.15) is 31.2 Å². The Morgan fingerprint density at radius 3 is 2.54 bits per heavy atom. The maximum atomic E-state index is 12.2. The summed E-state index contributed by atoms with van der Waals surface area (Å²) >= 11 is 0. The number of ether oxygens (including phenoxy) is 2. The fourth-order valence-electron chi connectivity index (χ4n) is 3.63. The lowest BCUT2D eigenvalue weighted by atomic mass is 9.75. The average Bonchev–Trinajstić information content (AvgIpc) is 2.60. The standard InChI is InChI=1S/C19H28N2O3/c1-23-17-6-3-16(4-7-17)5-8-18(22)20-15-19(9-2-10-19)21-11-13-24-14-12-21/h3-4,6-7H,2,5,8-15H2,1H3,(H,20,22). The van der Waals surface area contributed by atoms with E-state index in [1.54, 1.807) is 7.11 Å². The summed E-state index contributed by atoms with van der Waals surface area (Å²) in [6.45, 7) is 4.37. The van der Waals surface area contributed by atoms with Crippen LogP contribution in [0.4, 0.5) is 0 Å². The topological polar surface area (TPSA) is 50.8 Å². The second-order valence-corrected chi connectivity index (χ2v) is 6.80. The molecule has 1 aliphatic carbocycles. The monoisotopic (exact) mass is 332 g/mol. The summed E-state index contributed by atoms with van der Waals surface area (Å²) < 4.78 is 10.6. The molecule has 1 amide bonds. The Hall–Kier alpha value is -1.59. The van der Waals surface area contributed by atoms with E-state index in [9.17, 15) is 4.79 Å². The second kappa shape index (κ2) is 7.99. The molecular formula is C19H28N2O3. The number of amides is 1. The van der Waals surface area contributed by atoms with Crippen LogP contribution >= 0.6 is 0 Å². The zero-order valence-electron chi connectivity index (χ0n) is 14.6. The molecule has 1 aromatic rings. The maximum Gasteiger partial charge on any atom is 0.220 e. The van der Waals surface area contributed by atoms with E-state index in [1.165, 1.54) is 19.3 Å². The van der Waals surface area contributed by atoms with E-state index in [4.69, 9.17) is 9.47 Å². The molecule has 1 N–H and O–H groups in total. The first-order valence-electron chi connectivity index (χ1n) is 8.94. The van der Waals surface area contributed by atoms with Crippen LogP contribution in [-0.4, -0.2) is 56.3 Å². The highest BCUT2D eigenvalue weighted by Crippen LogP contribution is 2.37. The van der Waals surface area contributed by atoms with Gasteiger partial charge in [-0.2, -0.15) is 0 Å². The van der Waals surface area contributed by atoms with Gasteiger partial charge in [-0.25, -0.2) is 0 Å². The first kappa shape index (κ1) is 17.2. The van der Waals surface area contributed by atoms with Crippen molar-refractivity contribution in [2.24, 2.45) is 0 Å². The van der Waals surface area contributed by atoms with Crippen LogP contribution < -0.4 is 10.1 Å². The molecule has 1 heterocycles. The van der Waals surface area contributed by atoms with Crippen molar-refractivity contribution in [3.8, 4) is 5.75 Å². The molecule has 1 aromatic carbocycles.